The van der Waals surface area contributed by atoms with E-state index in [0.29, 0.717) is 32.2 Å². The summed E-state index contributed by atoms with van der Waals surface area (Å²) in [6.45, 7) is 0.461. The molecular formula is C10H17NO5S. The first kappa shape index (κ1) is 12.8. The van der Waals surface area contributed by atoms with Crippen molar-refractivity contribution in [2.24, 2.45) is 0 Å². The van der Waals surface area contributed by atoms with Gasteiger partial charge in [-0.15, -0.1) is 0 Å². The van der Waals surface area contributed by atoms with Crippen LogP contribution < -0.4 is 0 Å². The van der Waals surface area contributed by atoms with Gasteiger partial charge in [0.05, 0.1) is 6.61 Å². The molecule has 2 fully saturated rings. The van der Waals surface area contributed by atoms with Crippen LogP contribution in [-0.2, 0) is 19.6 Å². The van der Waals surface area contributed by atoms with E-state index in [9.17, 15) is 13.2 Å². The van der Waals surface area contributed by atoms with E-state index in [2.05, 4.69) is 0 Å². The third kappa shape index (κ3) is 1.96. The van der Waals surface area contributed by atoms with Crippen LogP contribution in [-0.4, -0.2) is 54.8 Å². The third-order valence-electron chi connectivity index (χ3n) is 3.56. The predicted octanol–water partition coefficient (Wildman–Crippen LogP) is 0.0442. The summed E-state index contributed by atoms with van der Waals surface area (Å²) in [5.41, 5.74) is 0. The SMILES string of the molecule is COCC1(S(=O)(=O)N2CCC[C@@H]2C(=O)O)CC1. The third-order valence-corrected chi connectivity index (χ3v) is 6.23. The Morgan fingerprint density at radius 1 is 1.53 bits per heavy atom. The molecule has 0 unspecified atom stereocenters. The average Bonchev–Trinajstić information content (AvgIpc) is 2.88. The Balaban J connectivity index is 2.24. The number of ether oxygens (including phenoxy) is 1. The molecule has 6 nitrogen and oxygen atoms in total. The van der Waals surface area contributed by atoms with Crippen molar-refractivity contribution in [3.05, 3.63) is 0 Å². The van der Waals surface area contributed by atoms with Crippen molar-refractivity contribution >= 4 is 16.0 Å². The van der Waals surface area contributed by atoms with Crippen LogP contribution in [0.5, 0.6) is 0 Å². The van der Waals surface area contributed by atoms with Crippen LogP contribution in [0.15, 0.2) is 0 Å². The van der Waals surface area contributed by atoms with Gasteiger partial charge < -0.3 is 9.84 Å². The molecule has 98 valence electrons. The maximum Gasteiger partial charge on any atom is 0.322 e. The number of carboxylic acids is 1. The summed E-state index contributed by atoms with van der Waals surface area (Å²) < 4.78 is 30.1. The van der Waals surface area contributed by atoms with E-state index in [0.717, 1.165) is 4.31 Å². The highest BCUT2D eigenvalue weighted by Gasteiger charge is 2.59. The Hall–Kier alpha value is -0.660. The number of sulfonamides is 1. The first-order chi connectivity index (χ1) is 7.94. The molecule has 1 N–H and O–H groups in total. The highest BCUT2D eigenvalue weighted by atomic mass is 32.2. The molecule has 0 aromatic rings. The first-order valence-electron chi connectivity index (χ1n) is 5.68. The van der Waals surface area contributed by atoms with E-state index in [4.69, 9.17) is 9.84 Å². The van der Waals surface area contributed by atoms with E-state index in [-0.39, 0.29) is 6.61 Å². The van der Waals surface area contributed by atoms with Crippen LogP contribution in [0.1, 0.15) is 25.7 Å². The molecule has 2 rings (SSSR count). The smallest absolute Gasteiger partial charge is 0.322 e. The lowest BCUT2D eigenvalue weighted by Gasteiger charge is -2.26. The van der Waals surface area contributed by atoms with Gasteiger partial charge in [-0.05, 0) is 25.7 Å². The number of carboxylic acid groups (broad SMARTS) is 1. The zero-order valence-electron chi connectivity index (χ0n) is 9.76. The monoisotopic (exact) mass is 263 g/mol. The molecule has 1 saturated carbocycles. The fourth-order valence-corrected chi connectivity index (χ4v) is 4.68. The Morgan fingerprint density at radius 2 is 2.18 bits per heavy atom. The Bertz CT molecular complexity index is 414. The van der Waals surface area contributed by atoms with E-state index < -0.39 is 26.8 Å². The summed E-state index contributed by atoms with van der Waals surface area (Å²) in [6.07, 6.45) is 2.13. The van der Waals surface area contributed by atoms with Crippen LogP contribution >= 0.6 is 0 Å². The highest BCUT2D eigenvalue weighted by molar-refractivity contribution is 7.90. The Morgan fingerprint density at radius 3 is 2.65 bits per heavy atom. The molecule has 1 atom stereocenters. The van der Waals surface area contributed by atoms with Gasteiger partial charge in [0.1, 0.15) is 10.8 Å². The fourth-order valence-electron chi connectivity index (χ4n) is 2.40. The summed E-state index contributed by atoms with van der Waals surface area (Å²) in [4.78, 5) is 11.0. The molecule has 0 spiro atoms. The van der Waals surface area contributed by atoms with Crippen LogP contribution in [0.25, 0.3) is 0 Å². The summed E-state index contributed by atoms with van der Waals surface area (Å²) >= 11 is 0. The minimum Gasteiger partial charge on any atom is -0.480 e. The van der Waals surface area contributed by atoms with Gasteiger partial charge in [-0.2, -0.15) is 4.31 Å². The molecule has 0 aromatic heterocycles. The lowest BCUT2D eigenvalue weighted by atomic mass is 10.2. The molecule has 1 aliphatic carbocycles. The number of hydrogen-bond acceptors (Lipinski definition) is 4. The largest absolute Gasteiger partial charge is 0.480 e. The minimum atomic E-state index is -3.56. The number of hydrogen-bond donors (Lipinski definition) is 1. The van der Waals surface area contributed by atoms with Gasteiger partial charge in [0.25, 0.3) is 0 Å². The molecule has 0 aromatic carbocycles. The molecule has 1 saturated heterocycles. The van der Waals surface area contributed by atoms with Crippen molar-refractivity contribution < 1.29 is 23.1 Å². The quantitative estimate of drug-likeness (QED) is 0.757. The summed E-state index contributed by atoms with van der Waals surface area (Å²) in [6, 6.07) is -0.894. The second kappa shape index (κ2) is 4.22. The van der Waals surface area contributed by atoms with Crippen LogP contribution in [0, 0.1) is 0 Å². The van der Waals surface area contributed by atoms with Crippen LogP contribution in [0.3, 0.4) is 0 Å². The fraction of sp³-hybridized carbons (Fsp3) is 0.900. The molecule has 17 heavy (non-hydrogen) atoms. The lowest BCUT2D eigenvalue weighted by molar-refractivity contribution is -0.140. The maximum absolute atomic E-state index is 12.4. The van der Waals surface area contributed by atoms with Gasteiger partial charge >= 0.3 is 5.97 Å². The number of rotatable bonds is 5. The summed E-state index contributed by atoms with van der Waals surface area (Å²) in [5.74, 6) is -1.06. The molecule has 0 bridgehead atoms. The molecule has 0 amide bonds. The maximum atomic E-state index is 12.4. The van der Waals surface area contributed by atoms with Crippen LogP contribution in [0.2, 0.25) is 0 Å². The van der Waals surface area contributed by atoms with Crippen molar-refractivity contribution in [1.82, 2.24) is 4.31 Å². The molecule has 0 radical (unpaired) electrons. The van der Waals surface area contributed by atoms with Crippen molar-refractivity contribution in [3.63, 3.8) is 0 Å². The van der Waals surface area contributed by atoms with E-state index >= 15 is 0 Å². The summed E-state index contributed by atoms with van der Waals surface area (Å²) in [7, 11) is -2.09. The van der Waals surface area contributed by atoms with E-state index in [1.54, 1.807) is 0 Å². The van der Waals surface area contributed by atoms with Crippen LogP contribution in [0.4, 0.5) is 0 Å². The number of methoxy groups -OCH3 is 1. The number of carbonyl (C=O) groups is 1. The van der Waals surface area contributed by atoms with Crippen molar-refractivity contribution in [1.29, 1.82) is 0 Å². The summed E-state index contributed by atoms with van der Waals surface area (Å²) in [5, 5.41) is 9.03. The minimum absolute atomic E-state index is 0.151. The van der Waals surface area contributed by atoms with E-state index in [1.807, 2.05) is 0 Å². The van der Waals surface area contributed by atoms with Crippen molar-refractivity contribution in [3.8, 4) is 0 Å². The standard InChI is InChI=1S/C10H17NO5S/c1-16-7-10(4-5-10)17(14,15)11-6-2-3-8(11)9(12)13/h8H,2-7H2,1H3,(H,12,13)/t8-/m1/s1. The van der Waals surface area contributed by atoms with Gasteiger partial charge in [0.15, 0.2) is 0 Å². The van der Waals surface area contributed by atoms with Gasteiger partial charge in [0, 0.05) is 13.7 Å². The topological polar surface area (TPSA) is 83.9 Å². The second-order valence-corrected chi connectivity index (χ2v) is 7.01. The Labute approximate surface area is 101 Å². The van der Waals surface area contributed by atoms with Gasteiger partial charge in [-0.25, -0.2) is 8.42 Å². The molecule has 1 heterocycles. The predicted molar refractivity (Wildman–Crippen MR) is 60.1 cm³/mol. The number of aliphatic carboxylic acids is 1. The normalized spacial score (nSPS) is 28.2. The molecule has 2 aliphatic rings. The first-order valence-corrected chi connectivity index (χ1v) is 7.12. The second-order valence-electron chi connectivity index (χ2n) is 4.73. The molecule has 1 aliphatic heterocycles. The molecule has 7 heteroatoms. The zero-order chi connectivity index (χ0) is 12.7. The highest BCUT2D eigenvalue weighted by Crippen LogP contribution is 2.46. The zero-order valence-corrected chi connectivity index (χ0v) is 10.6. The molecular weight excluding hydrogens is 246 g/mol. The van der Waals surface area contributed by atoms with Gasteiger partial charge in [-0.1, -0.05) is 0 Å². The number of nitrogens with zero attached hydrogens (tertiary/aromatic N) is 1. The van der Waals surface area contributed by atoms with Crippen molar-refractivity contribution in [2.75, 3.05) is 20.3 Å². The lowest BCUT2D eigenvalue weighted by Crippen LogP contribution is -2.47. The van der Waals surface area contributed by atoms with Crippen molar-refractivity contribution in [2.45, 2.75) is 36.5 Å². The van der Waals surface area contributed by atoms with E-state index in [1.165, 1.54) is 7.11 Å². The average molecular weight is 263 g/mol. The van der Waals surface area contributed by atoms with Gasteiger partial charge in [-0.3, -0.25) is 4.79 Å². The Kier molecular flexibility index (Phi) is 3.17. The van der Waals surface area contributed by atoms with Gasteiger partial charge in [0.2, 0.25) is 10.0 Å².